The van der Waals surface area contributed by atoms with Gasteiger partial charge in [-0.1, -0.05) is 32.4 Å². The van der Waals surface area contributed by atoms with Crippen LogP contribution in [-0.4, -0.2) is 43.6 Å². The topological polar surface area (TPSA) is 44.7 Å². The first kappa shape index (κ1) is 17.3. The van der Waals surface area contributed by atoms with E-state index in [1.54, 1.807) is 0 Å². The van der Waals surface area contributed by atoms with Crippen LogP contribution in [0.2, 0.25) is 0 Å². The molecule has 1 fully saturated rings. The number of hydrogen-bond acceptors (Lipinski definition) is 4. The Bertz CT molecular complexity index is 439. The van der Waals surface area contributed by atoms with Gasteiger partial charge in [0.05, 0.1) is 18.8 Å². The SMILES string of the molecule is CCC(C)C(C)(O)CNCc1ccc(N2CCOCC2)cc1. The summed E-state index contributed by atoms with van der Waals surface area (Å²) in [6.07, 6.45) is 0.989. The largest absolute Gasteiger partial charge is 0.389 e. The van der Waals surface area contributed by atoms with Gasteiger partial charge in [-0.2, -0.15) is 0 Å². The summed E-state index contributed by atoms with van der Waals surface area (Å²) in [5.74, 6) is 0.295. The van der Waals surface area contributed by atoms with Crippen molar-refractivity contribution in [2.75, 3.05) is 37.7 Å². The predicted octanol–water partition coefficient (Wildman–Crippen LogP) is 2.41. The molecule has 0 aliphatic carbocycles. The van der Waals surface area contributed by atoms with E-state index in [9.17, 15) is 5.11 Å². The van der Waals surface area contributed by atoms with E-state index in [0.717, 1.165) is 39.3 Å². The van der Waals surface area contributed by atoms with Crippen molar-refractivity contribution in [1.82, 2.24) is 5.32 Å². The van der Waals surface area contributed by atoms with Crippen LogP contribution in [0.1, 0.15) is 32.8 Å². The molecule has 124 valence electrons. The van der Waals surface area contributed by atoms with Crippen molar-refractivity contribution in [1.29, 1.82) is 0 Å². The molecular formula is C18H30N2O2. The van der Waals surface area contributed by atoms with Crippen LogP contribution in [0.4, 0.5) is 5.69 Å². The van der Waals surface area contributed by atoms with Crippen molar-refractivity contribution in [3.05, 3.63) is 29.8 Å². The number of anilines is 1. The molecule has 1 saturated heterocycles. The lowest BCUT2D eigenvalue weighted by Gasteiger charge is -2.30. The Morgan fingerprint density at radius 1 is 1.27 bits per heavy atom. The molecule has 0 aromatic heterocycles. The molecule has 2 rings (SSSR count). The first-order valence-electron chi connectivity index (χ1n) is 8.37. The lowest BCUT2D eigenvalue weighted by Crippen LogP contribution is -2.42. The molecule has 1 heterocycles. The zero-order chi connectivity index (χ0) is 16.0. The zero-order valence-electron chi connectivity index (χ0n) is 14.1. The first-order chi connectivity index (χ1) is 10.5. The molecule has 0 amide bonds. The molecule has 1 aliphatic heterocycles. The molecule has 0 radical (unpaired) electrons. The van der Waals surface area contributed by atoms with Gasteiger partial charge in [-0.05, 0) is 30.5 Å². The van der Waals surface area contributed by atoms with Crippen LogP contribution < -0.4 is 10.2 Å². The Kier molecular flexibility index (Phi) is 6.24. The van der Waals surface area contributed by atoms with E-state index >= 15 is 0 Å². The van der Waals surface area contributed by atoms with Gasteiger partial charge in [-0.25, -0.2) is 0 Å². The summed E-state index contributed by atoms with van der Waals surface area (Å²) in [7, 11) is 0. The molecule has 0 spiro atoms. The van der Waals surface area contributed by atoms with Crippen molar-refractivity contribution in [2.45, 2.75) is 39.3 Å². The quantitative estimate of drug-likeness (QED) is 0.812. The standard InChI is InChI=1S/C18H30N2O2/c1-4-15(2)18(3,21)14-19-13-16-5-7-17(8-6-16)20-9-11-22-12-10-20/h5-8,15,19,21H,4,9-14H2,1-3H3. The number of aliphatic hydroxyl groups is 1. The zero-order valence-corrected chi connectivity index (χ0v) is 14.1. The number of ether oxygens (including phenoxy) is 1. The highest BCUT2D eigenvalue weighted by atomic mass is 16.5. The summed E-state index contributed by atoms with van der Waals surface area (Å²) in [6.45, 7) is 11.1. The average molecular weight is 306 g/mol. The number of hydrogen-bond donors (Lipinski definition) is 2. The number of nitrogens with one attached hydrogen (secondary N) is 1. The van der Waals surface area contributed by atoms with E-state index in [1.807, 2.05) is 6.92 Å². The third-order valence-electron chi connectivity index (χ3n) is 4.80. The minimum absolute atomic E-state index is 0.295. The molecule has 1 aromatic rings. The Morgan fingerprint density at radius 2 is 1.91 bits per heavy atom. The van der Waals surface area contributed by atoms with Gasteiger partial charge in [-0.15, -0.1) is 0 Å². The van der Waals surface area contributed by atoms with E-state index in [-0.39, 0.29) is 0 Å². The van der Waals surface area contributed by atoms with Crippen LogP contribution in [0.3, 0.4) is 0 Å². The van der Waals surface area contributed by atoms with Gasteiger partial charge in [0, 0.05) is 31.9 Å². The molecule has 2 N–H and O–H groups in total. The fourth-order valence-corrected chi connectivity index (χ4v) is 2.72. The van der Waals surface area contributed by atoms with E-state index in [2.05, 4.69) is 48.3 Å². The summed E-state index contributed by atoms with van der Waals surface area (Å²) >= 11 is 0. The van der Waals surface area contributed by atoms with E-state index < -0.39 is 5.60 Å². The Hall–Kier alpha value is -1.10. The lowest BCUT2D eigenvalue weighted by molar-refractivity contribution is 0.00535. The fourth-order valence-electron chi connectivity index (χ4n) is 2.72. The lowest BCUT2D eigenvalue weighted by atomic mass is 9.88. The average Bonchev–Trinajstić information content (AvgIpc) is 2.55. The van der Waals surface area contributed by atoms with Crippen molar-refractivity contribution < 1.29 is 9.84 Å². The Balaban J connectivity index is 1.81. The van der Waals surface area contributed by atoms with Gasteiger partial charge in [-0.3, -0.25) is 0 Å². The maximum absolute atomic E-state index is 10.4. The number of benzene rings is 1. The maximum atomic E-state index is 10.4. The van der Waals surface area contributed by atoms with Crippen LogP contribution in [0.5, 0.6) is 0 Å². The molecule has 0 saturated carbocycles. The molecule has 2 unspecified atom stereocenters. The predicted molar refractivity (Wildman–Crippen MR) is 91.3 cm³/mol. The molecular weight excluding hydrogens is 276 g/mol. The highest BCUT2D eigenvalue weighted by Crippen LogP contribution is 2.19. The van der Waals surface area contributed by atoms with Crippen molar-refractivity contribution in [2.24, 2.45) is 5.92 Å². The molecule has 4 heteroatoms. The van der Waals surface area contributed by atoms with Gasteiger partial charge in [0.25, 0.3) is 0 Å². The summed E-state index contributed by atoms with van der Waals surface area (Å²) in [6, 6.07) is 8.68. The maximum Gasteiger partial charge on any atom is 0.0768 e. The third-order valence-corrected chi connectivity index (χ3v) is 4.80. The van der Waals surface area contributed by atoms with E-state index in [4.69, 9.17) is 4.74 Å². The fraction of sp³-hybridized carbons (Fsp3) is 0.667. The second-order valence-corrected chi connectivity index (χ2v) is 6.54. The van der Waals surface area contributed by atoms with Crippen LogP contribution in [0.15, 0.2) is 24.3 Å². The Labute approximate surface area is 134 Å². The summed E-state index contributed by atoms with van der Waals surface area (Å²) in [5, 5.41) is 13.8. The second kappa shape index (κ2) is 7.95. The van der Waals surface area contributed by atoms with Gasteiger partial charge in [0.2, 0.25) is 0 Å². The number of rotatable bonds is 7. The van der Waals surface area contributed by atoms with E-state index in [0.29, 0.717) is 12.5 Å². The van der Waals surface area contributed by atoms with Crippen LogP contribution in [0.25, 0.3) is 0 Å². The molecule has 1 aliphatic rings. The van der Waals surface area contributed by atoms with E-state index in [1.165, 1.54) is 11.3 Å². The van der Waals surface area contributed by atoms with Crippen LogP contribution >= 0.6 is 0 Å². The second-order valence-electron chi connectivity index (χ2n) is 6.54. The van der Waals surface area contributed by atoms with Crippen LogP contribution in [0, 0.1) is 5.92 Å². The van der Waals surface area contributed by atoms with Crippen molar-refractivity contribution in [3.63, 3.8) is 0 Å². The van der Waals surface area contributed by atoms with Crippen molar-refractivity contribution in [3.8, 4) is 0 Å². The highest BCUT2D eigenvalue weighted by Gasteiger charge is 2.26. The molecule has 1 aromatic carbocycles. The Morgan fingerprint density at radius 3 is 2.50 bits per heavy atom. The summed E-state index contributed by atoms with van der Waals surface area (Å²) in [4.78, 5) is 2.36. The third kappa shape index (κ3) is 4.70. The first-order valence-corrected chi connectivity index (χ1v) is 8.37. The number of morpholine rings is 1. The van der Waals surface area contributed by atoms with Gasteiger partial charge >= 0.3 is 0 Å². The number of nitrogens with zero attached hydrogens (tertiary/aromatic N) is 1. The van der Waals surface area contributed by atoms with Gasteiger partial charge in [0.15, 0.2) is 0 Å². The van der Waals surface area contributed by atoms with Crippen molar-refractivity contribution >= 4 is 5.69 Å². The monoisotopic (exact) mass is 306 g/mol. The van der Waals surface area contributed by atoms with Gasteiger partial charge in [0.1, 0.15) is 0 Å². The molecule has 22 heavy (non-hydrogen) atoms. The molecule has 2 atom stereocenters. The summed E-state index contributed by atoms with van der Waals surface area (Å²) < 4.78 is 5.38. The minimum atomic E-state index is -0.650. The minimum Gasteiger partial charge on any atom is -0.389 e. The molecule has 0 bridgehead atoms. The highest BCUT2D eigenvalue weighted by molar-refractivity contribution is 5.47. The van der Waals surface area contributed by atoms with Crippen LogP contribution in [-0.2, 0) is 11.3 Å². The molecule has 4 nitrogen and oxygen atoms in total. The summed E-state index contributed by atoms with van der Waals surface area (Å²) in [5.41, 5.74) is 1.86. The smallest absolute Gasteiger partial charge is 0.0768 e. The normalized spacial score (nSPS) is 19.7. The van der Waals surface area contributed by atoms with Gasteiger partial charge < -0.3 is 20.1 Å².